The summed E-state index contributed by atoms with van der Waals surface area (Å²) >= 11 is 5.95. The molecule has 2 nitrogen and oxygen atoms in total. The van der Waals surface area contributed by atoms with Gasteiger partial charge in [0.2, 0.25) is 0 Å². The van der Waals surface area contributed by atoms with Crippen LogP contribution in [0.5, 0.6) is 5.75 Å². The fourth-order valence-electron chi connectivity index (χ4n) is 2.31. The number of halogens is 1. The Bertz CT molecular complexity index is 582. The molecule has 0 fully saturated rings. The molecular formula is C15H14ClNO. The molecule has 0 radical (unpaired) electrons. The van der Waals surface area contributed by atoms with E-state index in [-0.39, 0.29) is 0 Å². The molecule has 3 heteroatoms. The fourth-order valence-corrected chi connectivity index (χ4v) is 2.48. The van der Waals surface area contributed by atoms with Crippen molar-refractivity contribution in [2.75, 3.05) is 12.3 Å². The molecule has 1 atom stereocenters. The van der Waals surface area contributed by atoms with Crippen molar-refractivity contribution >= 4 is 17.3 Å². The Labute approximate surface area is 111 Å². The van der Waals surface area contributed by atoms with Crippen molar-refractivity contribution in [1.82, 2.24) is 0 Å². The van der Waals surface area contributed by atoms with Crippen LogP contribution in [0.2, 0.25) is 5.02 Å². The van der Waals surface area contributed by atoms with Gasteiger partial charge < -0.3 is 10.5 Å². The molecule has 0 bridgehead atoms. The van der Waals surface area contributed by atoms with E-state index in [1.54, 1.807) is 12.1 Å². The van der Waals surface area contributed by atoms with Crippen molar-refractivity contribution in [3.8, 4) is 5.75 Å². The SMILES string of the molecule is Nc1ccc(OCC2Cc3ccccc32)cc1Cl. The molecule has 2 aromatic rings. The summed E-state index contributed by atoms with van der Waals surface area (Å²) in [5, 5.41) is 0.543. The molecule has 18 heavy (non-hydrogen) atoms. The average molecular weight is 260 g/mol. The van der Waals surface area contributed by atoms with Crippen LogP contribution in [0.1, 0.15) is 17.0 Å². The van der Waals surface area contributed by atoms with Gasteiger partial charge in [-0.15, -0.1) is 0 Å². The second-order valence-electron chi connectivity index (χ2n) is 4.59. The molecule has 1 aliphatic rings. The highest BCUT2D eigenvalue weighted by Crippen LogP contribution is 2.35. The maximum atomic E-state index is 5.95. The molecule has 0 amide bonds. The lowest BCUT2D eigenvalue weighted by Crippen LogP contribution is -2.23. The molecule has 92 valence electrons. The lowest BCUT2D eigenvalue weighted by atomic mass is 9.78. The van der Waals surface area contributed by atoms with E-state index in [1.165, 1.54) is 11.1 Å². The van der Waals surface area contributed by atoms with Crippen LogP contribution in [0.3, 0.4) is 0 Å². The number of nitrogen functional groups attached to an aromatic ring is 1. The monoisotopic (exact) mass is 259 g/mol. The zero-order valence-corrected chi connectivity index (χ0v) is 10.7. The van der Waals surface area contributed by atoms with Crippen LogP contribution in [-0.4, -0.2) is 6.61 Å². The quantitative estimate of drug-likeness (QED) is 0.854. The summed E-state index contributed by atoms with van der Waals surface area (Å²) in [6.07, 6.45) is 1.10. The molecule has 1 aliphatic carbocycles. The van der Waals surface area contributed by atoms with Gasteiger partial charge in [0.1, 0.15) is 5.75 Å². The molecule has 3 rings (SSSR count). The third-order valence-corrected chi connectivity index (χ3v) is 3.71. The van der Waals surface area contributed by atoms with Crippen molar-refractivity contribution in [3.63, 3.8) is 0 Å². The molecular weight excluding hydrogens is 246 g/mol. The van der Waals surface area contributed by atoms with Crippen LogP contribution in [0.4, 0.5) is 5.69 Å². The molecule has 2 aromatic carbocycles. The Morgan fingerprint density at radius 2 is 2.06 bits per heavy atom. The third kappa shape index (κ3) is 2.04. The Balaban J connectivity index is 1.65. The largest absolute Gasteiger partial charge is 0.493 e. The summed E-state index contributed by atoms with van der Waals surface area (Å²) in [6.45, 7) is 0.692. The van der Waals surface area contributed by atoms with Crippen molar-refractivity contribution in [1.29, 1.82) is 0 Å². The first-order valence-corrected chi connectivity index (χ1v) is 6.37. The minimum absolute atomic E-state index is 0.498. The van der Waals surface area contributed by atoms with E-state index >= 15 is 0 Å². The van der Waals surface area contributed by atoms with Crippen LogP contribution in [0.15, 0.2) is 42.5 Å². The number of anilines is 1. The second-order valence-corrected chi connectivity index (χ2v) is 5.00. The third-order valence-electron chi connectivity index (χ3n) is 3.38. The molecule has 0 saturated heterocycles. The normalized spacial score (nSPS) is 16.8. The van der Waals surface area contributed by atoms with Crippen LogP contribution in [0, 0.1) is 0 Å². The first kappa shape index (κ1) is 11.4. The Hall–Kier alpha value is -1.67. The first-order chi connectivity index (χ1) is 8.74. The molecule has 1 unspecified atom stereocenters. The highest BCUT2D eigenvalue weighted by atomic mass is 35.5. The van der Waals surface area contributed by atoms with Crippen LogP contribution >= 0.6 is 11.6 Å². The predicted molar refractivity (Wildman–Crippen MR) is 74.2 cm³/mol. The zero-order chi connectivity index (χ0) is 12.5. The van der Waals surface area contributed by atoms with Crippen molar-refractivity contribution in [3.05, 3.63) is 58.6 Å². The second kappa shape index (κ2) is 4.54. The number of rotatable bonds is 3. The van der Waals surface area contributed by atoms with Crippen LogP contribution in [-0.2, 0) is 6.42 Å². The number of hydrogen-bond acceptors (Lipinski definition) is 2. The number of ether oxygens (including phenoxy) is 1. The standard InChI is InChI=1S/C15H14ClNO/c16-14-8-12(5-6-15(14)17)18-9-11-7-10-3-1-2-4-13(10)11/h1-6,8,11H,7,9,17H2. The number of hydrogen-bond donors (Lipinski definition) is 1. The Morgan fingerprint density at radius 3 is 2.83 bits per heavy atom. The topological polar surface area (TPSA) is 35.2 Å². The van der Waals surface area contributed by atoms with Gasteiger partial charge in [-0.25, -0.2) is 0 Å². The first-order valence-electron chi connectivity index (χ1n) is 5.99. The smallest absolute Gasteiger partial charge is 0.120 e. The van der Waals surface area contributed by atoms with Gasteiger partial charge in [-0.2, -0.15) is 0 Å². The van der Waals surface area contributed by atoms with E-state index in [9.17, 15) is 0 Å². The minimum atomic E-state index is 0.498. The molecule has 2 N–H and O–H groups in total. The number of benzene rings is 2. The van der Waals surface area contributed by atoms with E-state index in [1.807, 2.05) is 6.07 Å². The number of fused-ring (bicyclic) bond motifs is 1. The molecule has 0 aromatic heterocycles. The zero-order valence-electron chi connectivity index (χ0n) is 9.90. The van der Waals surface area contributed by atoms with Crippen LogP contribution < -0.4 is 10.5 Å². The number of nitrogens with two attached hydrogens (primary N) is 1. The van der Waals surface area contributed by atoms with E-state index in [4.69, 9.17) is 22.1 Å². The fraction of sp³-hybridized carbons (Fsp3) is 0.200. The van der Waals surface area contributed by atoms with Gasteiger partial charge in [-0.1, -0.05) is 35.9 Å². The molecule has 0 heterocycles. The summed E-state index contributed by atoms with van der Waals surface area (Å²) in [5.41, 5.74) is 9.07. The van der Waals surface area contributed by atoms with Gasteiger partial charge in [0.05, 0.1) is 17.3 Å². The van der Waals surface area contributed by atoms with Gasteiger partial charge >= 0.3 is 0 Å². The lowest BCUT2D eigenvalue weighted by Gasteiger charge is -2.29. The van der Waals surface area contributed by atoms with E-state index in [0.29, 0.717) is 23.2 Å². The van der Waals surface area contributed by atoms with E-state index < -0.39 is 0 Å². The molecule has 0 saturated carbocycles. The average Bonchev–Trinajstić information content (AvgIpc) is 2.35. The predicted octanol–water partition coefficient (Wildman–Crippen LogP) is 3.64. The van der Waals surface area contributed by atoms with E-state index in [2.05, 4.69) is 24.3 Å². The molecule has 0 aliphatic heterocycles. The van der Waals surface area contributed by atoms with Gasteiger partial charge in [-0.3, -0.25) is 0 Å². The van der Waals surface area contributed by atoms with Gasteiger partial charge in [0.15, 0.2) is 0 Å². The Morgan fingerprint density at radius 1 is 1.22 bits per heavy atom. The minimum Gasteiger partial charge on any atom is -0.493 e. The van der Waals surface area contributed by atoms with Gasteiger partial charge in [0.25, 0.3) is 0 Å². The summed E-state index contributed by atoms with van der Waals surface area (Å²) in [5.74, 6) is 1.27. The van der Waals surface area contributed by atoms with Crippen molar-refractivity contribution in [2.45, 2.75) is 12.3 Å². The highest BCUT2D eigenvalue weighted by Gasteiger charge is 2.25. The highest BCUT2D eigenvalue weighted by molar-refractivity contribution is 6.33. The molecule has 0 spiro atoms. The van der Waals surface area contributed by atoms with Gasteiger partial charge in [-0.05, 0) is 29.7 Å². The van der Waals surface area contributed by atoms with Gasteiger partial charge in [0, 0.05) is 12.0 Å². The van der Waals surface area contributed by atoms with Crippen LogP contribution in [0.25, 0.3) is 0 Å². The lowest BCUT2D eigenvalue weighted by molar-refractivity contribution is 0.275. The van der Waals surface area contributed by atoms with Crippen molar-refractivity contribution in [2.24, 2.45) is 0 Å². The summed E-state index contributed by atoms with van der Waals surface area (Å²) in [7, 11) is 0. The summed E-state index contributed by atoms with van der Waals surface area (Å²) < 4.78 is 5.76. The summed E-state index contributed by atoms with van der Waals surface area (Å²) in [6, 6.07) is 13.9. The summed E-state index contributed by atoms with van der Waals surface area (Å²) in [4.78, 5) is 0. The van der Waals surface area contributed by atoms with Crippen molar-refractivity contribution < 1.29 is 4.74 Å². The Kier molecular flexibility index (Phi) is 2.88. The maximum absolute atomic E-state index is 5.95. The van der Waals surface area contributed by atoms with E-state index in [0.717, 1.165) is 12.2 Å². The maximum Gasteiger partial charge on any atom is 0.120 e.